The number of piperidine rings is 1. The second-order valence-corrected chi connectivity index (χ2v) is 7.61. The van der Waals surface area contributed by atoms with Gasteiger partial charge in [0.2, 0.25) is 5.91 Å². The largest absolute Gasteiger partial charge is 0.352 e. The fourth-order valence-electron chi connectivity index (χ4n) is 4.55. The molecule has 3 unspecified atom stereocenters. The monoisotopic (exact) mass is 421 g/mol. The van der Waals surface area contributed by atoms with Crippen molar-refractivity contribution >= 4 is 30.7 Å². The van der Waals surface area contributed by atoms with Crippen LogP contribution in [0.25, 0.3) is 0 Å². The molecule has 3 N–H and O–H groups in total. The first-order valence-corrected chi connectivity index (χ1v) is 9.61. The molecular weight excluding hydrogens is 393 g/mol. The Morgan fingerprint density at radius 2 is 1.50 bits per heavy atom. The molecule has 152 valence electrons. The van der Waals surface area contributed by atoms with Crippen LogP contribution < -0.4 is 11.1 Å². The molecule has 6 heteroatoms. The Balaban J connectivity index is 0.00000140. The van der Waals surface area contributed by atoms with E-state index >= 15 is 0 Å². The summed E-state index contributed by atoms with van der Waals surface area (Å²) in [5.74, 6) is -0.0582. The maximum Gasteiger partial charge on any atom is 0.241 e. The second kappa shape index (κ2) is 10.3. The minimum absolute atomic E-state index is 0. The average Bonchev–Trinajstić information content (AvgIpc) is 2.91. The van der Waals surface area contributed by atoms with E-state index < -0.39 is 6.04 Å². The Kier molecular flexibility index (Phi) is 8.32. The maximum absolute atomic E-state index is 12.6. The predicted octanol–water partition coefficient (Wildman–Crippen LogP) is 3.84. The fraction of sp³-hybridized carbons (Fsp3) is 0.409. The number of nitrogens with one attached hydrogen (secondary N) is 1. The molecule has 2 aromatic carbocycles. The van der Waals surface area contributed by atoms with Crippen LogP contribution in [0.2, 0.25) is 0 Å². The van der Waals surface area contributed by atoms with Crippen molar-refractivity contribution in [3.63, 3.8) is 0 Å². The van der Waals surface area contributed by atoms with Crippen LogP contribution in [0.4, 0.5) is 0 Å². The van der Waals surface area contributed by atoms with Crippen molar-refractivity contribution in [1.82, 2.24) is 10.2 Å². The number of hydrogen-bond acceptors (Lipinski definition) is 3. The SMILES string of the molecule is Cl.Cl.NC(C(=O)NC1CC2CCC(C1)N2Cc1ccccc1)c1ccccc1. The lowest BCUT2D eigenvalue weighted by molar-refractivity contribution is -0.123. The number of nitrogens with zero attached hydrogens (tertiary/aromatic N) is 1. The number of halogens is 2. The zero-order valence-electron chi connectivity index (χ0n) is 15.9. The average molecular weight is 422 g/mol. The highest BCUT2D eigenvalue weighted by Crippen LogP contribution is 2.37. The van der Waals surface area contributed by atoms with Crippen LogP contribution in [0.1, 0.15) is 42.9 Å². The van der Waals surface area contributed by atoms with Gasteiger partial charge in [-0.1, -0.05) is 60.7 Å². The first-order chi connectivity index (χ1) is 12.7. The highest BCUT2D eigenvalue weighted by Gasteiger charge is 2.41. The molecule has 0 saturated carbocycles. The molecule has 2 aliphatic rings. The van der Waals surface area contributed by atoms with Gasteiger partial charge < -0.3 is 11.1 Å². The molecule has 1 amide bonds. The van der Waals surface area contributed by atoms with E-state index in [0.717, 1.165) is 24.9 Å². The van der Waals surface area contributed by atoms with Gasteiger partial charge in [-0.3, -0.25) is 9.69 Å². The van der Waals surface area contributed by atoms with E-state index in [9.17, 15) is 4.79 Å². The van der Waals surface area contributed by atoms with Crippen LogP contribution >= 0.6 is 24.8 Å². The molecule has 0 spiro atoms. The van der Waals surface area contributed by atoms with Crippen molar-refractivity contribution < 1.29 is 4.79 Å². The molecule has 3 atom stereocenters. The van der Waals surface area contributed by atoms with E-state index in [1.54, 1.807) is 0 Å². The lowest BCUT2D eigenvalue weighted by Gasteiger charge is -2.39. The summed E-state index contributed by atoms with van der Waals surface area (Å²) in [4.78, 5) is 15.2. The zero-order valence-corrected chi connectivity index (χ0v) is 17.5. The third-order valence-corrected chi connectivity index (χ3v) is 5.88. The second-order valence-electron chi connectivity index (χ2n) is 7.61. The summed E-state index contributed by atoms with van der Waals surface area (Å²) in [6, 6.07) is 21.1. The van der Waals surface area contributed by atoms with Crippen molar-refractivity contribution in [2.75, 3.05) is 0 Å². The van der Waals surface area contributed by atoms with E-state index in [1.807, 2.05) is 30.3 Å². The van der Waals surface area contributed by atoms with Crippen molar-refractivity contribution in [3.05, 3.63) is 71.8 Å². The molecule has 2 saturated heterocycles. The summed E-state index contributed by atoms with van der Waals surface area (Å²) in [6.45, 7) is 1.01. The van der Waals surface area contributed by atoms with Crippen LogP contribution in [-0.4, -0.2) is 28.9 Å². The molecule has 4 rings (SSSR count). The molecule has 4 nitrogen and oxygen atoms in total. The first kappa shape index (κ1) is 22.7. The molecule has 2 aliphatic heterocycles. The zero-order chi connectivity index (χ0) is 17.9. The third kappa shape index (κ3) is 5.06. The number of hydrogen-bond donors (Lipinski definition) is 2. The van der Waals surface area contributed by atoms with Crippen molar-refractivity contribution in [3.8, 4) is 0 Å². The lowest BCUT2D eigenvalue weighted by Crippen LogP contribution is -2.51. The van der Waals surface area contributed by atoms with Crippen molar-refractivity contribution in [2.24, 2.45) is 5.73 Å². The minimum Gasteiger partial charge on any atom is -0.352 e. The quantitative estimate of drug-likeness (QED) is 0.770. The Labute approximate surface area is 179 Å². The Hall–Kier alpha value is -1.59. The summed E-state index contributed by atoms with van der Waals surface area (Å²) >= 11 is 0. The summed E-state index contributed by atoms with van der Waals surface area (Å²) in [7, 11) is 0. The molecule has 0 radical (unpaired) electrons. The summed E-state index contributed by atoms with van der Waals surface area (Å²) in [5, 5.41) is 3.21. The number of nitrogens with two attached hydrogens (primary N) is 1. The molecule has 2 bridgehead atoms. The van der Waals surface area contributed by atoms with Gasteiger partial charge in [0, 0.05) is 24.7 Å². The number of carbonyl (C=O) groups excluding carboxylic acids is 1. The van der Waals surface area contributed by atoms with Crippen LogP contribution in [0, 0.1) is 0 Å². The Bertz CT molecular complexity index is 730. The van der Waals surface area contributed by atoms with Crippen LogP contribution in [0.5, 0.6) is 0 Å². The van der Waals surface area contributed by atoms with E-state index in [4.69, 9.17) is 5.73 Å². The molecular formula is C22H29Cl2N3O. The Morgan fingerprint density at radius 3 is 2.07 bits per heavy atom. The minimum atomic E-state index is -0.587. The van der Waals surface area contributed by atoms with Crippen molar-refractivity contribution in [1.29, 1.82) is 0 Å². The van der Waals surface area contributed by atoms with E-state index in [2.05, 4.69) is 40.5 Å². The molecule has 2 aromatic rings. The number of amides is 1. The van der Waals surface area contributed by atoms with Gasteiger partial charge in [0.25, 0.3) is 0 Å². The predicted molar refractivity (Wildman–Crippen MR) is 118 cm³/mol. The maximum atomic E-state index is 12.6. The molecule has 0 aromatic heterocycles. The third-order valence-electron chi connectivity index (χ3n) is 5.88. The number of rotatable bonds is 5. The summed E-state index contributed by atoms with van der Waals surface area (Å²) in [6.07, 6.45) is 4.51. The van der Waals surface area contributed by atoms with E-state index in [1.165, 1.54) is 18.4 Å². The normalized spacial score (nSPS) is 24.5. The van der Waals surface area contributed by atoms with Gasteiger partial charge in [0.05, 0.1) is 0 Å². The first-order valence-electron chi connectivity index (χ1n) is 9.61. The van der Waals surface area contributed by atoms with Gasteiger partial charge in [0.1, 0.15) is 6.04 Å². The van der Waals surface area contributed by atoms with Gasteiger partial charge in [0.15, 0.2) is 0 Å². The van der Waals surface area contributed by atoms with Crippen LogP contribution in [-0.2, 0) is 11.3 Å². The van der Waals surface area contributed by atoms with Gasteiger partial charge in [-0.25, -0.2) is 0 Å². The van der Waals surface area contributed by atoms with Gasteiger partial charge >= 0.3 is 0 Å². The van der Waals surface area contributed by atoms with Gasteiger partial charge in [-0.2, -0.15) is 0 Å². The standard InChI is InChI=1S/C22H27N3O.2ClH/c23-21(17-9-5-2-6-10-17)22(26)24-18-13-19-11-12-20(14-18)25(19)15-16-7-3-1-4-8-16;;/h1-10,18-21H,11-15,23H2,(H,24,26);2*1H. The highest BCUT2D eigenvalue weighted by molar-refractivity contribution is 5.85. The van der Waals surface area contributed by atoms with E-state index in [0.29, 0.717) is 12.1 Å². The van der Waals surface area contributed by atoms with Crippen LogP contribution in [0.15, 0.2) is 60.7 Å². The fourth-order valence-corrected chi connectivity index (χ4v) is 4.55. The number of carbonyl (C=O) groups is 1. The topological polar surface area (TPSA) is 58.4 Å². The molecule has 2 heterocycles. The number of fused-ring (bicyclic) bond motifs is 2. The lowest BCUT2D eigenvalue weighted by atomic mass is 9.95. The highest BCUT2D eigenvalue weighted by atomic mass is 35.5. The Morgan fingerprint density at radius 1 is 0.964 bits per heavy atom. The van der Waals surface area contributed by atoms with E-state index in [-0.39, 0.29) is 36.8 Å². The molecule has 2 fully saturated rings. The van der Waals surface area contributed by atoms with Crippen molar-refractivity contribution in [2.45, 2.75) is 56.4 Å². The molecule has 28 heavy (non-hydrogen) atoms. The van der Waals surface area contributed by atoms with Crippen LogP contribution in [0.3, 0.4) is 0 Å². The number of benzene rings is 2. The van der Waals surface area contributed by atoms with Gasteiger partial charge in [-0.05, 0) is 36.8 Å². The summed E-state index contributed by atoms with van der Waals surface area (Å²) < 4.78 is 0. The smallest absolute Gasteiger partial charge is 0.241 e. The summed E-state index contributed by atoms with van der Waals surface area (Å²) in [5.41, 5.74) is 8.39. The van der Waals surface area contributed by atoms with Gasteiger partial charge in [-0.15, -0.1) is 24.8 Å². The molecule has 0 aliphatic carbocycles.